The maximum Gasteiger partial charge on any atom is 0.198 e. The number of hydrogen-bond acceptors (Lipinski definition) is 4. The number of anilines is 1. The van der Waals surface area contributed by atoms with Gasteiger partial charge < -0.3 is 9.73 Å². The van der Waals surface area contributed by atoms with Gasteiger partial charge in [0.1, 0.15) is 5.52 Å². The van der Waals surface area contributed by atoms with E-state index in [9.17, 15) is 0 Å². The molecule has 0 atom stereocenters. The van der Waals surface area contributed by atoms with Crippen LogP contribution in [0.2, 0.25) is 0 Å². The fraction of sp³-hybridized carbons (Fsp3) is 0.294. The van der Waals surface area contributed by atoms with E-state index in [1.54, 1.807) is 0 Å². The van der Waals surface area contributed by atoms with Gasteiger partial charge in [-0.15, -0.1) is 0 Å². The van der Waals surface area contributed by atoms with Crippen molar-refractivity contribution in [2.24, 2.45) is 0 Å². The lowest BCUT2D eigenvalue weighted by atomic mass is 10.2. The molecule has 0 unspecified atom stereocenters. The molecule has 3 aromatic rings. The number of oxazole rings is 1. The summed E-state index contributed by atoms with van der Waals surface area (Å²) in [4.78, 5) is 8.89. The standard InChI is InChI=1S/C17H17N3O/c1-11-2-3-12(9-18-11)10-19-14-6-7-16-15(8-14)20-17(21-16)13-4-5-13/h2-3,6-9,13,19H,4-5,10H2,1H3. The van der Waals surface area contributed by atoms with E-state index in [-0.39, 0.29) is 0 Å². The number of aryl methyl sites for hydroxylation is 1. The van der Waals surface area contributed by atoms with E-state index in [2.05, 4.69) is 21.4 Å². The normalized spacial score (nSPS) is 14.5. The van der Waals surface area contributed by atoms with Crippen LogP contribution < -0.4 is 5.32 Å². The van der Waals surface area contributed by atoms with Crippen molar-refractivity contribution in [2.45, 2.75) is 32.2 Å². The summed E-state index contributed by atoms with van der Waals surface area (Å²) < 4.78 is 5.77. The van der Waals surface area contributed by atoms with Crippen LogP contribution in [0.25, 0.3) is 11.1 Å². The molecule has 0 saturated heterocycles. The Labute approximate surface area is 123 Å². The van der Waals surface area contributed by atoms with Crippen LogP contribution in [0.5, 0.6) is 0 Å². The van der Waals surface area contributed by atoms with Crippen molar-refractivity contribution in [2.75, 3.05) is 5.32 Å². The molecule has 2 aromatic heterocycles. The molecular formula is C17H17N3O. The Morgan fingerprint density at radius 1 is 1.24 bits per heavy atom. The summed E-state index contributed by atoms with van der Waals surface area (Å²) in [7, 11) is 0. The Kier molecular flexibility index (Phi) is 2.88. The van der Waals surface area contributed by atoms with E-state index in [1.165, 1.54) is 18.4 Å². The number of hydrogen-bond donors (Lipinski definition) is 1. The number of benzene rings is 1. The van der Waals surface area contributed by atoms with Crippen LogP contribution in [0.15, 0.2) is 40.9 Å². The van der Waals surface area contributed by atoms with Gasteiger partial charge in [-0.25, -0.2) is 4.98 Å². The fourth-order valence-corrected chi connectivity index (χ4v) is 2.37. The minimum Gasteiger partial charge on any atom is -0.440 e. The Morgan fingerprint density at radius 3 is 2.90 bits per heavy atom. The molecule has 1 aliphatic carbocycles. The van der Waals surface area contributed by atoms with E-state index >= 15 is 0 Å². The maximum atomic E-state index is 5.77. The highest BCUT2D eigenvalue weighted by atomic mass is 16.3. The van der Waals surface area contributed by atoms with Gasteiger partial charge in [-0.2, -0.15) is 0 Å². The third-order valence-corrected chi connectivity index (χ3v) is 3.80. The smallest absolute Gasteiger partial charge is 0.198 e. The number of aromatic nitrogens is 2. The van der Waals surface area contributed by atoms with Crippen molar-refractivity contribution < 1.29 is 4.42 Å². The van der Waals surface area contributed by atoms with Crippen LogP contribution in [-0.4, -0.2) is 9.97 Å². The zero-order chi connectivity index (χ0) is 14.2. The zero-order valence-electron chi connectivity index (χ0n) is 12.0. The van der Waals surface area contributed by atoms with Crippen molar-refractivity contribution in [3.05, 3.63) is 53.7 Å². The highest BCUT2D eigenvalue weighted by Crippen LogP contribution is 2.40. The molecule has 1 aliphatic rings. The monoisotopic (exact) mass is 279 g/mol. The maximum absolute atomic E-state index is 5.77. The first-order chi connectivity index (χ1) is 10.3. The van der Waals surface area contributed by atoms with E-state index in [4.69, 9.17) is 4.42 Å². The third-order valence-electron chi connectivity index (χ3n) is 3.80. The molecule has 4 heteroatoms. The Balaban J connectivity index is 1.51. The highest BCUT2D eigenvalue weighted by Gasteiger charge is 2.28. The summed E-state index contributed by atoms with van der Waals surface area (Å²) in [6, 6.07) is 10.2. The average Bonchev–Trinajstić information content (AvgIpc) is 3.26. The summed E-state index contributed by atoms with van der Waals surface area (Å²) in [5, 5.41) is 3.40. The van der Waals surface area contributed by atoms with Gasteiger partial charge in [0.15, 0.2) is 11.5 Å². The topological polar surface area (TPSA) is 51.0 Å². The van der Waals surface area contributed by atoms with Gasteiger partial charge in [-0.3, -0.25) is 4.98 Å². The van der Waals surface area contributed by atoms with E-state index in [0.717, 1.165) is 34.9 Å². The number of pyridine rings is 1. The number of nitrogens with zero attached hydrogens (tertiary/aromatic N) is 2. The average molecular weight is 279 g/mol. The minimum atomic E-state index is 0.549. The van der Waals surface area contributed by atoms with Crippen molar-refractivity contribution in [1.82, 2.24) is 9.97 Å². The number of rotatable bonds is 4. The van der Waals surface area contributed by atoms with E-state index in [1.807, 2.05) is 37.4 Å². The molecule has 2 heterocycles. The van der Waals surface area contributed by atoms with Gasteiger partial charge >= 0.3 is 0 Å². The van der Waals surface area contributed by atoms with Crippen LogP contribution in [0.1, 0.15) is 35.9 Å². The SMILES string of the molecule is Cc1ccc(CNc2ccc3oc(C4CC4)nc3c2)cn1. The first-order valence-electron chi connectivity index (χ1n) is 7.34. The van der Waals surface area contributed by atoms with Crippen LogP contribution in [0.3, 0.4) is 0 Å². The van der Waals surface area contributed by atoms with Crippen molar-refractivity contribution in [3.63, 3.8) is 0 Å². The Morgan fingerprint density at radius 2 is 2.14 bits per heavy atom. The predicted octanol–water partition coefficient (Wildman–Crippen LogP) is 4.02. The predicted molar refractivity (Wildman–Crippen MR) is 82.3 cm³/mol. The summed E-state index contributed by atoms with van der Waals surface area (Å²) >= 11 is 0. The molecule has 4 rings (SSSR count). The van der Waals surface area contributed by atoms with Crippen LogP contribution in [0.4, 0.5) is 5.69 Å². The van der Waals surface area contributed by atoms with Crippen LogP contribution in [0, 0.1) is 6.92 Å². The third kappa shape index (κ3) is 2.61. The zero-order valence-corrected chi connectivity index (χ0v) is 12.0. The fourth-order valence-electron chi connectivity index (χ4n) is 2.37. The molecule has 0 amide bonds. The van der Waals surface area contributed by atoms with E-state index < -0.39 is 0 Å². The van der Waals surface area contributed by atoms with Gasteiger partial charge in [0.25, 0.3) is 0 Å². The molecule has 1 saturated carbocycles. The van der Waals surface area contributed by atoms with Crippen LogP contribution >= 0.6 is 0 Å². The lowest BCUT2D eigenvalue weighted by Gasteiger charge is -2.06. The first-order valence-corrected chi connectivity index (χ1v) is 7.34. The van der Waals surface area contributed by atoms with Crippen molar-refractivity contribution in [1.29, 1.82) is 0 Å². The quantitative estimate of drug-likeness (QED) is 0.783. The molecule has 1 fully saturated rings. The Bertz CT molecular complexity index is 772. The summed E-state index contributed by atoms with van der Waals surface area (Å²) in [5.74, 6) is 1.44. The molecular weight excluding hydrogens is 262 g/mol. The van der Waals surface area contributed by atoms with Gasteiger partial charge in [0.2, 0.25) is 0 Å². The summed E-state index contributed by atoms with van der Waals surface area (Å²) in [5.41, 5.74) is 5.07. The molecule has 21 heavy (non-hydrogen) atoms. The van der Waals surface area contributed by atoms with Gasteiger partial charge in [-0.05, 0) is 49.6 Å². The molecule has 4 nitrogen and oxygen atoms in total. The largest absolute Gasteiger partial charge is 0.440 e. The number of nitrogens with one attached hydrogen (secondary N) is 1. The van der Waals surface area contributed by atoms with Gasteiger partial charge in [0.05, 0.1) is 0 Å². The molecule has 106 valence electrons. The summed E-state index contributed by atoms with van der Waals surface area (Å²) in [6.07, 6.45) is 4.32. The first kappa shape index (κ1) is 12.4. The minimum absolute atomic E-state index is 0.549. The number of fused-ring (bicyclic) bond motifs is 1. The van der Waals surface area contributed by atoms with Crippen LogP contribution in [-0.2, 0) is 6.54 Å². The molecule has 0 radical (unpaired) electrons. The second-order valence-corrected chi connectivity index (χ2v) is 5.67. The highest BCUT2D eigenvalue weighted by molar-refractivity contribution is 5.77. The van der Waals surface area contributed by atoms with Gasteiger partial charge in [-0.1, -0.05) is 6.07 Å². The second-order valence-electron chi connectivity index (χ2n) is 5.67. The molecule has 1 N–H and O–H groups in total. The molecule has 0 bridgehead atoms. The lowest BCUT2D eigenvalue weighted by molar-refractivity contribution is 0.533. The lowest BCUT2D eigenvalue weighted by Crippen LogP contribution is -1.99. The van der Waals surface area contributed by atoms with Crippen molar-refractivity contribution >= 4 is 16.8 Å². The summed E-state index contributed by atoms with van der Waals surface area (Å²) in [6.45, 7) is 2.75. The van der Waals surface area contributed by atoms with Crippen molar-refractivity contribution in [3.8, 4) is 0 Å². The van der Waals surface area contributed by atoms with Gasteiger partial charge in [0, 0.05) is 30.0 Å². The molecule has 1 aromatic carbocycles. The molecule has 0 aliphatic heterocycles. The molecule has 0 spiro atoms. The second kappa shape index (κ2) is 4.88. The Hall–Kier alpha value is -2.36. The van der Waals surface area contributed by atoms with E-state index in [0.29, 0.717) is 5.92 Å².